The number of hydrogen-bond donors (Lipinski definition) is 0. The Morgan fingerprint density at radius 3 is 1.77 bits per heavy atom. The SMILES string of the molecule is CCCCc1ccc2c(c1)c1cc3c4ccccc4n(-c4ccccc4)c3cc1n2-c1cccc2c1oc1cc(-c3nc(-c4ccccc4)nc(-c4ccccc4)n3)ccc12. The van der Waals surface area contributed by atoms with Crippen molar-refractivity contribution in [3.63, 3.8) is 0 Å². The Morgan fingerprint density at radius 2 is 1.03 bits per heavy atom. The number of aromatic nitrogens is 5. The lowest BCUT2D eigenvalue weighted by atomic mass is 10.0. The van der Waals surface area contributed by atoms with Crippen molar-refractivity contribution in [1.82, 2.24) is 24.1 Å². The predicted molar refractivity (Wildman–Crippen MR) is 251 cm³/mol. The van der Waals surface area contributed by atoms with Gasteiger partial charge >= 0.3 is 0 Å². The first kappa shape index (κ1) is 35.1. The fourth-order valence-corrected chi connectivity index (χ4v) is 9.22. The van der Waals surface area contributed by atoms with Gasteiger partial charge in [0.2, 0.25) is 0 Å². The van der Waals surface area contributed by atoms with Gasteiger partial charge in [0.15, 0.2) is 23.1 Å². The van der Waals surface area contributed by atoms with Crippen LogP contribution in [-0.4, -0.2) is 24.1 Å². The Bertz CT molecular complexity index is 3560. The minimum absolute atomic E-state index is 0.592. The molecule has 0 bridgehead atoms. The molecule has 0 amide bonds. The van der Waals surface area contributed by atoms with Crippen molar-refractivity contribution in [2.24, 2.45) is 0 Å². The van der Waals surface area contributed by atoms with Crippen LogP contribution in [0.5, 0.6) is 0 Å². The fourth-order valence-electron chi connectivity index (χ4n) is 9.22. The molecular weight excluding hydrogens is 747 g/mol. The van der Waals surface area contributed by atoms with E-state index in [1.54, 1.807) is 0 Å². The molecule has 0 N–H and O–H groups in total. The van der Waals surface area contributed by atoms with E-state index < -0.39 is 0 Å². The van der Waals surface area contributed by atoms with Crippen LogP contribution >= 0.6 is 0 Å². The molecule has 0 radical (unpaired) electrons. The second-order valence-electron chi connectivity index (χ2n) is 15.9. The Labute approximate surface area is 352 Å². The van der Waals surface area contributed by atoms with Crippen LogP contribution in [0.3, 0.4) is 0 Å². The summed E-state index contributed by atoms with van der Waals surface area (Å²) in [6.45, 7) is 2.26. The van der Waals surface area contributed by atoms with Crippen LogP contribution < -0.4 is 0 Å². The molecule has 12 rings (SSSR count). The Kier molecular flexibility index (Phi) is 8.17. The van der Waals surface area contributed by atoms with Crippen molar-refractivity contribution in [1.29, 1.82) is 0 Å². The van der Waals surface area contributed by atoms with Crippen LogP contribution in [-0.2, 0) is 6.42 Å². The van der Waals surface area contributed by atoms with Gasteiger partial charge in [-0.05, 0) is 79.1 Å². The van der Waals surface area contributed by atoms with Crippen molar-refractivity contribution in [2.75, 3.05) is 0 Å². The van der Waals surface area contributed by atoms with Gasteiger partial charge in [-0.2, -0.15) is 0 Å². The lowest BCUT2D eigenvalue weighted by Crippen LogP contribution is -2.00. The first-order chi connectivity index (χ1) is 30.2. The van der Waals surface area contributed by atoms with E-state index in [1.807, 2.05) is 60.7 Å². The van der Waals surface area contributed by atoms with Gasteiger partial charge in [-0.3, -0.25) is 0 Å². The quantitative estimate of drug-likeness (QED) is 0.154. The van der Waals surface area contributed by atoms with Gasteiger partial charge in [0.1, 0.15) is 5.58 Å². The van der Waals surface area contributed by atoms with Crippen LogP contribution in [0.15, 0.2) is 186 Å². The summed E-state index contributed by atoms with van der Waals surface area (Å²) >= 11 is 0. The number of furan rings is 1. The number of benzene rings is 8. The van der Waals surface area contributed by atoms with Crippen LogP contribution in [0.2, 0.25) is 0 Å². The molecule has 0 unspecified atom stereocenters. The summed E-state index contributed by atoms with van der Waals surface area (Å²) < 4.78 is 11.8. The average Bonchev–Trinajstić information content (AvgIpc) is 3.97. The lowest BCUT2D eigenvalue weighted by molar-refractivity contribution is 0.666. The number of nitrogens with zero attached hydrogens (tertiary/aromatic N) is 5. The highest BCUT2D eigenvalue weighted by Crippen LogP contribution is 2.42. The van der Waals surface area contributed by atoms with Gasteiger partial charge in [-0.1, -0.05) is 135 Å². The minimum atomic E-state index is 0.592. The third kappa shape index (κ3) is 5.75. The standard InChI is InChI=1S/C55H39N5O/c1-2-3-16-35-27-30-47-43(31-35)45-33-44-40-23-13-14-25-46(40)59(39-21-11-6-12-22-39)49(44)34-50(45)60(47)48-26-15-24-42-41-29-28-38(32-51(41)61-52(42)48)55-57-53(36-17-7-4-8-18-36)56-54(58-55)37-19-9-5-10-20-37/h4-15,17-34H,2-3,16H2,1H3. The molecule has 0 atom stereocenters. The van der Waals surface area contributed by atoms with Gasteiger partial charge in [0, 0.05) is 54.7 Å². The first-order valence-corrected chi connectivity index (χ1v) is 21.1. The van der Waals surface area contributed by atoms with Gasteiger partial charge in [-0.15, -0.1) is 0 Å². The van der Waals surface area contributed by atoms with E-state index >= 15 is 0 Å². The Balaban J connectivity index is 1.09. The predicted octanol–water partition coefficient (Wildman–Crippen LogP) is 14.3. The van der Waals surface area contributed by atoms with Gasteiger partial charge in [0.05, 0.1) is 27.8 Å². The molecule has 290 valence electrons. The molecule has 12 aromatic rings. The highest BCUT2D eigenvalue weighted by molar-refractivity contribution is 6.20. The summed E-state index contributed by atoms with van der Waals surface area (Å²) in [4.78, 5) is 14.9. The molecule has 4 aromatic heterocycles. The smallest absolute Gasteiger partial charge is 0.164 e. The molecule has 0 fully saturated rings. The molecule has 6 heteroatoms. The zero-order valence-electron chi connectivity index (χ0n) is 33.6. The van der Waals surface area contributed by atoms with Gasteiger partial charge in [0.25, 0.3) is 0 Å². The van der Waals surface area contributed by atoms with E-state index in [4.69, 9.17) is 19.4 Å². The van der Waals surface area contributed by atoms with Crippen molar-refractivity contribution in [3.05, 3.63) is 188 Å². The fraction of sp³-hybridized carbons (Fsp3) is 0.0727. The molecule has 0 aliphatic heterocycles. The topological polar surface area (TPSA) is 61.7 Å². The third-order valence-electron chi connectivity index (χ3n) is 12.1. The largest absolute Gasteiger partial charge is 0.454 e. The first-order valence-electron chi connectivity index (χ1n) is 21.1. The minimum Gasteiger partial charge on any atom is -0.454 e. The summed E-state index contributed by atoms with van der Waals surface area (Å²) in [7, 11) is 0. The van der Waals surface area contributed by atoms with Crippen molar-refractivity contribution in [3.8, 4) is 45.5 Å². The molecule has 0 spiro atoms. The molecule has 8 aromatic carbocycles. The van der Waals surface area contributed by atoms with Crippen molar-refractivity contribution < 1.29 is 4.42 Å². The molecule has 4 heterocycles. The maximum atomic E-state index is 7.01. The monoisotopic (exact) mass is 785 g/mol. The van der Waals surface area contributed by atoms with Gasteiger partial charge in [-0.25, -0.2) is 15.0 Å². The third-order valence-corrected chi connectivity index (χ3v) is 12.1. The van der Waals surface area contributed by atoms with E-state index in [0.717, 1.165) is 80.3 Å². The highest BCUT2D eigenvalue weighted by Gasteiger charge is 2.22. The summed E-state index contributed by atoms with van der Waals surface area (Å²) in [6.07, 6.45) is 3.37. The van der Waals surface area contributed by atoms with Crippen molar-refractivity contribution in [2.45, 2.75) is 26.2 Å². The summed E-state index contributed by atoms with van der Waals surface area (Å²) in [5.74, 6) is 1.84. The molecular formula is C55H39N5O. The number of fused-ring (bicyclic) bond motifs is 9. The zero-order valence-corrected chi connectivity index (χ0v) is 33.6. The lowest BCUT2D eigenvalue weighted by Gasteiger charge is -2.10. The number of para-hydroxylation sites is 3. The molecule has 61 heavy (non-hydrogen) atoms. The number of aryl methyl sites for hydroxylation is 1. The van der Waals surface area contributed by atoms with E-state index in [-0.39, 0.29) is 0 Å². The summed E-state index contributed by atoms with van der Waals surface area (Å²) in [5, 5.41) is 7.05. The van der Waals surface area contributed by atoms with E-state index in [2.05, 4.69) is 137 Å². The Morgan fingerprint density at radius 1 is 0.426 bits per heavy atom. The van der Waals surface area contributed by atoms with Crippen LogP contribution in [0.25, 0.3) is 111 Å². The van der Waals surface area contributed by atoms with E-state index in [1.165, 1.54) is 38.1 Å². The molecule has 0 saturated carbocycles. The van der Waals surface area contributed by atoms with Crippen LogP contribution in [0.1, 0.15) is 25.3 Å². The summed E-state index contributed by atoms with van der Waals surface area (Å²) in [6, 6.07) is 64.3. The van der Waals surface area contributed by atoms with Gasteiger partial charge < -0.3 is 13.6 Å². The maximum absolute atomic E-state index is 7.01. The van der Waals surface area contributed by atoms with E-state index in [9.17, 15) is 0 Å². The second-order valence-corrected chi connectivity index (χ2v) is 15.9. The molecule has 6 nitrogen and oxygen atoms in total. The average molecular weight is 786 g/mol. The zero-order chi connectivity index (χ0) is 40.4. The number of hydrogen-bond acceptors (Lipinski definition) is 4. The molecule has 0 aliphatic rings. The second kappa shape index (κ2) is 14.2. The van der Waals surface area contributed by atoms with E-state index in [0.29, 0.717) is 17.5 Å². The van der Waals surface area contributed by atoms with Crippen molar-refractivity contribution >= 4 is 65.6 Å². The Hall–Kier alpha value is -7.83. The normalized spacial score (nSPS) is 11.9. The highest BCUT2D eigenvalue weighted by atomic mass is 16.3. The molecule has 0 saturated heterocycles. The number of unbranched alkanes of at least 4 members (excludes halogenated alkanes) is 1. The van der Waals surface area contributed by atoms with Crippen LogP contribution in [0.4, 0.5) is 0 Å². The summed E-state index contributed by atoms with van der Waals surface area (Å²) in [5.41, 5.74) is 12.5. The van der Waals surface area contributed by atoms with Crippen LogP contribution in [0, 0.1) is 0 Å². The maximum Gasteiger partial charge on any atom is 0.164 e. The molecule has 0 aliphatic carbocycles. The number of rotatable bonds is 8.